The van der Waals surface area contributed by atoms with Gasteiger partial charge >= 0.3 is 0 Å². The van der Waals surface area contributed by atoms with Crippen LogP contribution in [0.5, 0.6) is 5.75 Å². The van der Waals surface area contributed by atoms with Crippen molar-refractivity contribution in [2.24, 2.45) is 4.99 Å². The molecule has 1 aromatic heterocycles. The Balaban J connectivity index is 1.64. The molecule has 0 spiro atoms. The first kappa shape index (κ1) is 21.2. The number of aromatic nitrogens is 2. The van der Waals surface area contributed by atoms with E-state index in [9.17, 15) is 0 Å². The van der Waals surface area contributed by atoms with E-state index in [2.05, 4.69) is 34.8 Å². The molecule has 2 heterocycles. The summed E-state index contributed by atoms with van der Waals surface area (Å²) in [4.78, 5) is 4.95. The third kappa shape index (κ3) is 5.97. The minimum atomic E-state index is 0.00192. The number of hydrogen-bond acceptors (Lipinski definition) is 4. The van der Waals surface area contributed by atoms with Gasteiger partial charge in [-0.1, -0.05) is 12.1 Å². The lowest BCUT2D eigenvalue weighted by molar-refractivity contribution is 0.0531. The minimum absolute atomic E-state index is 0.00192. The predicted octanol–water partition coefficient (Wildman–Crippen LogP) is 2.59. The maximum atomic E-state index is 5.65. The second-order valence-electron chi connectivity index (χ2n) is 7.37. The van der Waals surface area contributed by atoms with E-state index < -0.39 is 0 Å². The zero-order valence-corrected chi connectivity index (χ0v) is 17.6. The van der Waals surface area contributed by atoms with Gasteiger partial charge in [0.1, 0.15) is 5.75 Å². The Labute approximate surface area is 173 Å². The number of benzene rings is 1. The first-order valence-corrected chi connectivity index (χ1v) is 10.5. The zero-order valence-electron chi connectivity index (χ0n) is 17.6. The highest BCUT2D eigenvalue weighted by Crippen LogP contribution is 2.36. The number of nitrogens with zero attached hydrogens (tertiary/aromatic N) is 3. The van der Waals surface area contributed by atoms with E-state index in [4.69, 9.17) is 14.5 Å². The standard InChI is InChI=1S/C22H33N5O2/c1-3-23-21(24-12-4-14-27-15-5-13-26-27)25-18-22(10-16-29-17-11-22)19-6-8-20(28-2)9-7-19/h5-9,13,15H,3-4,10-12,14,16-18H2,1-2H3,(H2,23,24,25). The van der Waals surface area contributed by atoms with Crippen LogP contribution >= 0.6 is 0 Å². The van der Waals surface area contributed by atoms with Crippen LogP contribution in [0.1, 0.15) is 31.7 Å². The first-order valence-electron chi connectivity index (χ1n) is 10.5. The summed E-state index contributed by atoms with van der Waals surface area (Å²) in [5, 5.41) is 11.1. The zero-order chi connectivity index (χ0) is 20.4. The largest absolute Gasteiger partial charge is 0.497 e. The average Bonchev–Trinajstić information content (AvgIpc) is 3.29. The number of nitrogens with one attached hydrogen (secondary N) is 2. The lowest BCUT2D eigenvalue weighted by atomic mass is 9.74. The van der Waals surface area contributed by atoms with Crippen molar-refractivity contribution in [3.63, 3.8) is 0 Å². The molecule has 0 amide bonds. The van der Waals surface area contributed by atoms with Crippen LogP contribution in [0.2, 0.25) is 0 Å². The Hall–Kier alpha value is -2.54. The molecule has 7 heteroatoms. The van der Waals surface area contributed by atoms with Gasteiger partial charge < -0.3 is 20.1 Å². The molecule has 0 saturated carbocycles. The van der Waals surface area contributed by atoms with E-state index in [1.165, 1.54) is 5.56 Å². The molecule has 0 atom stereocenters. The average molecular weight is 400 g/mol. The maximum absolute atomic E-state index is 5.65. The van der Waals surface area contributed by atoms with Crippen LogP contribution in [-0.4, -0.2) is 55.7 Å². The molecule has 0 unspecified atom stereocenters. The van der Waals surface area contributed by atoms with Crippen molar-refractivity contribution >= 4 is 5.96 Å². The quantitative estimate of drug-likeness (QED) is 0.385. The second kappa shape index (κ2) is 10.9. The highest BCUT2D eigenvalue weighted by molar-refractivity contribution is 5.79. The van der Waals surface area contributed by atoms with Crippen LogP contribution in [0.4, 0.5) is 0 Å². The molecule has 2 aromatic rings. The molecular weight excluding hydrogens is 366 g/mol. The fourth-order valence-corrected chi connectivity index (χ4v) is 3.70. The van der Waals surface area contributed by atoms with E-state index in [1.807, 2.05) is 35.3 Å². The molecule has 29 heavy (non-hydrogen) atoms. The molecule has 1 aliphatic heterocycles. The van der Waals surface area contributed by atoms with Crippen LogP contribution in [0.15, 0.2) is 47.7 Å². The fraction of sp³-hybridized carbons (Fsp3) is 0.545. The van der Waals surface area contributed by atoms with Crippen molar-refractivity contribution in [2.75, 3.05) is 40.0 Å². The summed E-state index contributed by atoms with van der Waals surface area (Å²) in [5.41, 5.74) is 1.31. The van der Waals surface area contributed by atoms with Gasteiger partial charge in [-0.15, -0.1) is 0 Å². The monoisotopic (exact) mass is 399 g/mol. The first-order chi connectivity index (χ1) is 14.3. The van der Waals surface area contributed by atoms with Crippen LogP contribution in [0.25, 0.3) is 0 Å². The molecule has 1 aliphatic rings. The van der Waals surface area contributed by atoms with Crippen LogP contribution in [0.3, 0.4) is 0 Å². The molecule has 0 bridgehead atoms. The Kier molecular flexibility index (Phi) is 7.93. The van der Waals surface area contributed by atoms with Gasteiger partial charge in [0.25, 0.3) is 0 Å². The van der Waals surface area contributed by atoms with Gasteiger partial charge in [-0.2, -0.15) is 5.10 Å². The van der Waals surface area contributed by atoms with E-state index >= 15 is 0 Å². The Morgan fingerprint density at radius 3 is 2.69 bits per heavy atom. The molecule has 2 N–H and O–H groups in total. The van der Waals surface area contributed by atoms with Crippen molar-refractivity contribution in [1.29, 1.82) is 0 Å². The van der Waals surface area contributed by atoms with Crippen LogP contribution in [0, 0.1) is 0 Å². The van der Waals surface area contributed by atoms with Crippen molar-refractivity contribution in [3.05, 3.63) is 48.3 Å². The van der Waals surface area contributed by atoms with Gasteiger partial charge in [-0.25, -0.2) is 0 Å². The molecule has 1 aromatic carbocycles. The van der Waals surface area contributed by atoms with Gasteiger partial charge in [0.05, 0.1) is 13.7 Å². The van der Waals surface area contributed by atoms with Gasteiger partial charge in [-0.3, -0.25) is 9.67 Å². The molecule has 1 fully saturated rings. The van der Waals surface area contributed by atoms with E-state index in [0.29, 0.717) is 0 Å². The predicted molar refractivity (Wildman–Crippen MR) is 116 cm³/mol. The van der Waals surface area contributed by atoms with Gasteiger partial charge in [-0.05, 0) is 49.9 Å². The Morgan fingerprint density at radius 1 is 1.24 bits per heavy atom. The summed E-state index contributed by atoms with van der Waals surface area (Å²) in [6, 6.07) is 10.4. The van der Waals surface area contributed by atoms with Crippen LogP contribution < -0.4 is 15.4 Å². The minimum Gasteiger partial charge on any atom is -0.497 e. The van der Waals surface area contributed by atoms with Gasteiger partial charge in [0.2, 0.25) is 0 Å². The van der Waals surface area contributed by atoms with Crippen LogP contribution in [-0.2, 0) is 16.7 Å². The highest BCUT2D eigenvalue weighted by Gasteiger charge is 2.34. The van der Waals surface area contributed by atoms with Gasteiger partial charge in [0, 0.05) is 50.7 Å². The van der Waals surface area contributed by atoms with E-state index in [-0.39, 0.29) is 5.41 Å². The summed E-state index contributed by atoms with van der Waals surface area (Å²) in [7, 11) is 1.70. The summed E-state index contributed by atoms with van der Waals surface area (Å²) >= 11 is 0. The summed E-state index contributed by atoms with van der Waals surface area (Å²) < 4.78 is 12.9. The topological polar surface area (TPSA) is 72.7 Å². The number of guanidine groups is 1. The summed E-state index contributed by atoms with van der Waals surface area (Å²) in [5.74, 6) is 1.75. The van der Waals surface area contributed by atoms with Gasteiger partial charge in [0.15, 0.2) is 5.96 Å². The molecule has 3 rings (SSSR count). The maximum Gasteiger partial charge on any atom is 0.191 e. The third-order valence-electron chi connectivity index (χ3n) is 5.45. The third-order valence-corrected chi connectivity index (χ3v) is 5.45. The number of rotatable bonds is 9. The lowest BCUT2D eigenvalue weighted by Crippen LogP contribution is -2.41. The normalized spacial score (nSPS) is 16.4. The van der Waals surface area contributed by atoms with E-state index in [1.54, 1.807) is 7.11 Å². The van der Waals surface area contributed by atoms with Crippen molar-refractivity contribution < 1.29 is 9.47 Å². The molecule has 158 valence electrons. The SMILES string of the molecule is CCNC(=NCC1(c2ccc(OC)cc2)CCOCC1)NCCCn1cccn1. The van der Waals surface area contributed by atoms with Crippen molar-refractivity contribution in [2.45, 2.75) is 38.1 Å². The number of ether oxygens (including phenoxy) is 2. The van der Waals surface area contributed by atoms with Crippen molar-refractivity contribution in [3.8, 4) is 5.75 Å². The summed E-state index contributed by atoms with van der Waals surface area (Å²) in [6.45, 7) is 6.96. The number of methoxy groups -OCH3 is 1. The molecular formula is C22H33N5O2. The lowest BCUT2D eigenvalue weighted by Gasteiger charge is -2.36. The highest BCUT2D eigenvalue weighted by atomic mass is 16.5. The fourth-order valence-electron chi connectivity index (χ4n) is 3.70. The molecule has 7 nitrogen and oxygen atoms in total. The van der Waals surface area contributed by atoms with Crippen molar-refractivity contribution in [1.82, 2.24) is 20.4 Å². The number of aryl methyl sites for hydroxylation is 1. The van der Waals surface area contributed by atoms with E-state index in [0.717, 1.165) is 70.4 Å². The molecule has 0 radical (unpaired) electrons. The Morgan fingerprint density at radius 2 is 2.03 bits per heavy atom. The number of hydrogen-bond donors (Lipinski definition) is 2. The smallest absolute Gasteiger partial charge is 0.191 e. The summed E-state index contributed by atoms with van der Waals surface area (Å²) in [6.07, 6.45) is 6.74. The Bertz CT molecular complexity index is 737. The second-order valence-corrected chi connectivity index (χ2v) is 7.37. The number of aliphatic imine (C=N–C) groups is 1. The molecule has 1 saturated heterocycles. The molecule has 0 aliphatic carbocycles.